The molecule has 0 radical (unpaired) electrons. The standard InChI is InChI=1S/C13H14N2O3/c1-3-4-10-11(13(16)17)12(15-18-10)9-7-14-6-5-8(9)2/h5-7H,3-4H2,1-2H3,(H,16,17). The van der Waals surface area contributed by atoms with Crippen molar-refractivity contribution in [3.63, 3.8) is 0 Å². The molecule has 0 saturated heterocycles. The molecule has 0 bridgehead atoms. The van der Waals surface area contributed by atoms with Gasteiger partial charge in [0, 0.05) is 24.4 Å². The van der Waals surface area contributed by atoms with Gasteiger partial charge in [-0.1, -0.05) is 12.1 Å². The van der Waals surface area contributed by atoms with Crippen molar-refractivity contribution in [2.45, 2.75) is 26.7 Å². The molecule has 2 aromatic rings. The zero-order valence-corrected chi connectivity index (χ0v) is 10.3. The third kappa shape index (κ3) is 2.11. The molecular formula is C13H14N2O3. The van der Waals surface area contributed by atoms with E-state index in [4.69, 9.17) is 4.52 Å². The lowest BCUT2D eigenvalue weighted by Gasteiger charge is -2.02. The number of pyridine rings is 1. The molecule has 18 heavy (non-hydrogen) atoms. The maximum absolute atomic E-state index is 11.3. The third-order valence-corrected chi connectivity index (χ3v) is 2.75. The van der Waals surface area contributed by atoms with Crippen molar-refractivity contribution in [2.24, 2.45) is 0 Å². The average Bonchev–Trinajstić information content (AvgIpc) is 2.74. The van der Waals surface area contributed by atoms with Crippen LogP contribution >= 0.6 is 0 Å². The number of hydrogen-bond donors (Lipinski definition) is 1. The van der Waals surface area contributed by atoms with E-state index < -0.39 is 5.97 Å². The summed E-state index contributed by atoms with van der Waals surface area (Å²) in [6.07, 6.45) is 4.64. The van der Waals surface area contributed by atoms with Crippen LogP contribution in [-0.2, 0) is 6.42 Å². The first-order valence-corrected chi connectivity index (χ1v) is 5.78. The van der Waals surface area contributed by atoms with E-state index in [1.54, 1.807) is 12.4 Å². The molecule has 0 aliphatic rings. The molecule has 5 nitrogen and oxygen atoms in total. The van der Waals surface area contributed by atoms with Crippen molar-refractivity contribution < 1.29 is 14.4 Å². The van der Waals surface area contributed by atoms with Gasteiger partial charge in [0.25, 0.3) is 0 Å². The molecule has 0 atom stereocenters. The number of carboxylic acid groups (broad SMARTS) is 1. The van der Waals surface area contributed by atoms with Crippen LogP contribution in [0, 0.1) is 6.92 Å². The van der Waals surface area contributed by atoms with Gasteiger partial charge in [-0.3, -0.25) is 4.98 Å². The third-order valence-electron chi connectivity index (χ3n) is 2.75. The lowest BCUT2D eigenvalue weighted by molar-refractivity contribution is 0.0695. The normalized spacial score (nSPS) is 10.6. The van der Waals surface area contributed by atoms with Crippen LogP contribution < -0.4 is 0 Å². The molecular weight excluding hydrogens is 232 g/mol. The number of carbonyl (C=O) groups is 1. The van der Waals surface area contributed by atoms with E-state index in [2.05, 4.69) is 10.1 Å². The van der Waals surface area contributed by atoms with Gasteiger partial charge in [0.05, 0.1) is 0 Å². The zero-order valence-electron chi connectivity index (χ0n) is 10.3. The van der Waals surface area contributed by atoms with E-state index in [0.717, 1.165) is 12.0 Å². The summed E-state index contributed by atoms with van der Waals surface area (Å²) >= 11 is 0. The zero-order chi connectivity index (χ0) is 13.1. The number of nitrogens with zero attached hydrogens (tertiary/aromatic N) is 2. The van der Waals surface area contributed by atoms with Gasteiger partial charge in [0.2, 0.25) is 0 Å². The molecule has 0 saturated carbocycles. The Morgan fingerprint density at radius 2 is 2.28 bits per heavy atom. The van der Waals surface area contributed by atoms with Gasteiger partial charge >= 0.3 is 5.97 Å². The fourth-order valence-corrected chi connectivity index (χ4v) is 1.84. The Morgan fingerprint density at radius 3 is 2.89 bits per heavy atom. The highest BCUT2D eigenvalue weighted by Crippen LogP contribution is 2.28. The van der Waals surface area contributed by atoms with Gasteiger partial charge in [-0.15, -0.1) is 0 Å². The number of aromatic nitrogens is 2. The average molecular weight is 246 g/mol. The Kier molecular flexibility index (Phi) is 3.41. The summed E-state index contributed by atoms with van der Waals surface area (Å²) in [5.74, 6) is -0.596. The van der Waals surface area contributed by atoms with Crippen LogP contribution in [0.4, 0.5) is 0 Å². The monoisotopic (exact) mass is 246 g/mol. The summed E-state index contributed by atoms with van der Waals surface area (Å²) in [4.78, 5) is 15.3. The Labute approximate surface area is 104 Å². The summed E-state index contributed by atoms with van der Waals surface area (Å²) in [5.41, 5.74) is 2.12. The van der Waals surface area contributed by atoms with Gasteiger partial charge in [-0.25, -0.2) is 4.79 Å². The summed E-state index contributed by atoms with van der Waals surface area (Å²) in [5, 5.41) is 13.2. The van der Waals surface area contributed by atoms with Crippen LogP contribution in [0.2, 0.25) is 0 Å². The second-order valence-corrected chi connectivity index (χ2v) is 4.08. The number of aryl methyl sites for hydroxylation is 2. The summed E-state index contributed by atoms with van der Waals surface area (Å²) in [6, 6.07) is 1.81. The largest absolute Gasteiger partial charge is 0.477 e. The molecule has 2 rings (SSSR count). The van der Waals surface area contributed by atoms with Gasteiger partial charge < -0.3 is 9.63 Å². The minimum atomic E-state index is -1.02. The predicted octanol–water partition coefficient (Wildman–Crippen LogP) is 2.70. The maximum Gasteiger partial charge on any atom is 0.341 e. The number of carboxylic acids is 1. The van der Waals surface area contributed by atoms with Crippen molar-refractivity contribution in [2.75, 3.05) is 0 Å². The lowest BCUT2D eigenvalue weighted by atomic mass is 10.0. The Balaban J connectivity index is 2.58. The highest BCUT2D eigenvalue weighted by atomic mass is 16.5. The smallest absolute Gasteiger partial charge is 0.341 e. The predicted molar refractivity (Wildman–Crippen MR) is 65.4 cm³/mol. The molecule has 0 fully saturated rings. The van der Waals surface area contributed by atoms with Crippen LogP contribution in [0.5, 0.6) is 0 Å². The van der Waals surface area contributed by atoms with Gasteiger partial charge in [-0.2, -0.15) is 0 Å². The van der Waals surface area contributed by atoms with Crippen LogP contribution in [0.1, 0.15) is 35.0 Å². The van der Waals surface area contributed by atoms with Crippen molar-refractivity contribution in [3.8, 4) is 11.3 Å². The summed E-state index contributed by atoms with van der Waals surface area (Å²) in [6.45, 7) is 3.85. The Bertz CT molecular complexity index is 575. The molecule has 0 aromatic carbocycles. The topological polar surface area (TPSA) is 76.2 Å². The first-order chi connectivity index (χ1) is 8.65. The van der Waals surface area contributed by atoms with Gasteiger partial charge in [-0.05, 0) is 25.0 Å². The molecule has 1 N–H and O–H groups in total. The molecule has 0 aliphatic carbocycles. The number of aromatic carboxylic acids is 1. The fourth-order valence-electron chi connectivity index (χ4n) is 1.84. The number of rotatable bonds is 4. The van der Waals surface area contributed by atoms with Crippen molar-refractivity contribution in [3.05, 3.63) is 35.3 Å². The van der Waals surface area contributed by atoms with Crippen LogP contribution in [0.15, 0.2) is 23.0 Å². The highest BCUT2D eigenvalue weighted by molar-refractivity contribution is 5.96. The van der Waals surface area contributed by atoms with E-state index in [0.29, 0.717) is 23.4 Å². The molecule has 2 aromatic heterocycles. The second kappa shape index (κ2) is 5.00. The van der Waals surface area contributed by atoms with Crippen LogP contribution in [0.3, 0.4) is 0 Å². The molecule has 94 valence electrons. The molecule has 5 heteroatoms. The first-order valence-electron chi connectivity index (χ1n) is 5.78. The highest BCUT2D eigenvalue weighted by Gasteiger charge is 2.23. The second-order valence-electron chi connectivity index (χ2n) is 4.08. The Hall–Kier alpha value is -2.17. The van der Waals surface area contributed by atoms with Crippen molar-refractivity contribution >= 4 is 5.97 Å². The quantitative estimate of drug-likeness (QED) is 0.897. The van der Waals surface area contributed by atoms with E-state index >= 15 is 0 Å². The van der Waals surface area contributed by atoms with E-state index in [1.165, 1.54) is 0 Å². The van der Waals surface area contributed by atoms with Crippen molar-refractivity contribution in [1.82, 2.24) is 10.1 Å². The molecule has 2 heterocycles. The first kappa shape index (κ1) is 12.3. The van der Waals surface area contributed by atoms with Crippen molar-refractivity contribution in [1.29, 1.82) is 0 Å². The van der Waals surface area contributed by atoms with E-state index in [-0.39, 0.29) is 5.56 Å². The van der Waals surface area contributed by atoms with Crippen LogP contribution in [0.25, 0.3) is 11.3 Å². The van der Waals surface area contributed by atoms with E-state index in [9.17, 15) is 9.90 Å². The summed E-state index contributed by atoms with van der Waals surface area (Å²) < 4.78 is 5.15. The number of hydrogen-bond acceptors (Lipinski definition) is 4. The van der Waals surface area contributed by atoms with Gasteiger partial charge in [0.1, 0.15) is 11.3 Å². The minimum Gasteiger partial charge on any atom is -0.477 e. The molecule has 0 amide bonds. The minimum absolute atomic E-state index is 0.146. The maximum atomic E-state index is 11.3. The van der Waals surface area contributed by atoms with Gasteiger partial charge in [0.15, 0.2) is 5.76 Å². The SMILES string of the molecule is CCCc1onc(-c2cnccc2C)c1C(=O)O. The van der Waals surface area contributed by atoms with E-state index in [1.807, 2.05) is 19.9 Å². The lowest BCUT2D eigenvalue weighted by Crippen LogP contribution is -2.02. The summed E-state index contributed by atoms with van der Waals surface area (Å²) in [7, 11) is 0. The van der Waals surface area contributed by atoms with Crippen LogP contribution in [-0.4, -0.2) is 21.2 Å². The molecule has 0 aliphatic heterocycles. The molecule has 0 spiro atoms. The Morgan fingerprint density at radius 1 is 1.50 bits per heavy atom. The fraction of sp³-hybridized carbons (Fsp3) is 0.308. The molecule has 0 unspecified atom stereocenters.